The third kappa shape index (κ3) is 6.27. The summed E-state index contributed by atoms with van der Waals surface area (Å²) in [5.41, 5.74) is 1.34. The first-order valence-electron chi connectivity index (χ1n) is 11.2. The molecule has 2 aromatic carbocycles. The second kappa shape index (κ2) is 12.2. The minimum Gasteiger partial charge on any atom is -0.497 e. The van der Waals surface area contributed by atoms with Crippen molar-refractivity contribution in [2.24, 2.45) is 0 Å². The van der Waals surface area contributed by atoms with Crippen molar-refractivity contribution in [1.29, 1.82) is 0 Å². The summed E-state index contributed by atoms with van der Waals surface area (Å²) in [5.74, 6) is 2.17. The molecule has 3 rings (SSSR count). The first-order chi connectivity index (χ1) is 16.9. The van der Waals surface area contributed by atoms with Crippen molar-refractivity contribution in [3.63, 3.8) is 0 Å². The average Bonchev–Trinajstić information content (AvgIpc) is 2.90. The van der Waals surface area contributed by atoms with E-state index >= 15 is 0 Å². The highest BCUT2D eigenvalue weighted by Gasteiger charge is 2.23. The Hall–Kier alpha value is -3.66. The lowest BCUT2D eigenvalue weighted by atomic mass is 10.1. The van der Waals surface area contributed by atoms with Crippen LogP contribution in [-0.2, 0) is 11.3 Å². The summed E-state index contributed by atoms with van der Waals surface area (Å²) < 4.78 is 26.7. The lowest BCUT2D eigenvalue weighted by Crippen LogP contribution is -2.50. The van der Waals surface area contributed by atoms with E-state index in [1.54, 1.807) is 31.3 Å². The van der Waals surface area contributed by atoms with Crippen LogP contribution in [0.5, 0.6) is 28.7 Å². The molecule has 0 radical (unpaired) electrons. The van der Waals surface area contributed by atoms with Gasteiger partial charge in [-0.1, -0.05) is 0 Å². The van der Waals surface area contributed by atoms with Crippen LogP contribution in [0.2, 0.25) is 0 Å². The zero-order valence-corrected chi connectivity index (χ0v) is 20.9. The first-order valence-corrected chi connectivity index (χ1v) is 11.2. The average molecular weight is 488 g/mol. The number of rotatable bonds is 10. The fourth-order valence-electron chi connectivity index (χ4n) is 3.98. The van der Waals surface area contributed by atoms with Gasteiger partial charge >= 0.3 is 0 Å². The highest BCUT2D eigenvalue weighted by molar-refractivity contribution is 5.97. The maximum Gasteiger partial charge on any atom is 0.251 e. The molecule has 2 amide bonds. The molecule has 1 saturated heterocycles. The van der Waals surface area contributed by atoms with E-state index in [4.69, 9.17) is 23.7 Å². The number of hydrogen-bond acceptors (Lipinski definition) is 8. The number of nitrogens with one attached hydrogen (secondary N) is 1. The van der Waals surface area contributed by atoms with Crippen molar-refractivity contribution in [2.45, 2.75) is 6.54 Å². The second-order valence-corrected chi connectivity index (χ2v) is 7.93. The van der Waals surface area contributed by atoms with Gasteiger partial charge in [0.2, 0.25) is 11.7 Å². The Morgan fingerprint density at radius 1 is 0.800 bits per heavy atom. The summed E-state index contributed by atoms with van der Waals surface area (Å²) in [5, 5.41) is 2.69. The standard InChI is InChI=1S/C25H33N3O7/c1-31-19-6-7-20(32-2)18(12-19)16-27-8-10-28(11-9-27)23(29)15-26-25(30)17-13-21(33-3)24(35-5)22(14-17)34-4/h6-7,12-14H,8-11,15-16H2,1-5H3,(H,26,30). The molecule has 1 N–H and O–H groups in total. The van der Waals surface area contributed by atoms with Gasteiger partial charge in [0.25, 0.3) is 5.91 Å². The summed E-state index contributed by atoms with van der Waals surface area (Å²) in [6.45, 7) is 3.18. The molecule has 35 heavy (non-hydrogen) atoms. The molecule has 0 saturated carbocycles. The lowest BCUT2D eigenvalue weighted by Gasteiger charge is -2.35. The van der Waals surface area contributed by atoms with Crippen LogP contribution in [0.25, 0.3) is 0 Å². The minimum atomic E-state index is -0.402. The van der Waals surface area contributed by atoms with Gasteiger partial charge in [0.05, 0.1) is 42.1 Å². The summed E-state index contributed by atoms with van der Waals surface area (Å²) in [6, 6.07) is 8.82. The van der Waals surface area contributed by atoms with Crippen LogP contribution in [0, 0.1) is 0 Å². The van der Waals surface area contributed by atoms with Gasteiger partial charge < -0.3 is 33.9 Å². The fraction of sp³-hybridized carbons (Fsp3) is 0.440. The molecular formula is C25H33N3O7. The summed E-state index contributed by atoms with van der Waals surface area (Å²) in [7, 11) is 7.73. The third-order valence-electron chi connectivity index (χ3n) is 5.93. The van der Waals surface area contributed by atoms with Crippen LogP contribution in [0.4, 0.5) is 0 Å². The second-order valence-electron chi connectivity index (χ2n) is 7.93. The Morgan fingerprint density at radius 2 is 1.43 bits per heavy atom. The molecule has 1 fully saturated rings. The van der Waals surface area contributed by atoms with Gasteiger partial charge in [-0.2, -0.15) is 0 Å². The van der Waals surface area contributed by atoms with Crippen molar-refractivity contribution in [3.8, 4) is 28.7 Å². The number of methoxy groups -OCH3 is 5. The van der Waals surface area contributed by atoms with Gasteiger partial charge in [-0.05, 0) is 30.3 Å². The molecule has 0 atom stereocenters. The molecule has 10 heteroatoms. The number of benzene rings is 2. The lowest BCUT2D eigenvalue weighted by molar-refractivity contribution is -0.131. The number of piperazine rings is 1. The quantitative estimate of drug-likeness (QED) is 0.542. The highest BCUT2D eigenvalue weighted by Crippen LogP contribution is 2.38. The first kappa shape index (κ1) is 26.0. The van der Waals surface area contributed by atoms with E-state index in [1.165, 1.54) is 21.3 Å². The van der Waals surface area contributed by atoms with E-state index in [-0.39, 0.29) is 12.5 Å². The highest BCUT2D eigenvalue weighted by atomic mass is 16.5. The van der Waals surface area contributed by atoms with Crippen molar-refractivity contribution in [3.05, 3.63) is 41.5 Å². The third-order valence-corrected chi connectivity index (χ3v) is 5.93. The SMILES string of the molecule is COc1ccc(OC)c(CN2CCN(C(=O)CNC(=O)c3cc(OC)c(OC)c(OC)c3)CC2)c1. The van der Waals surface area contributed by atoms with Crippen LogP contribution < -0.4 is 29.0 Å². The Balaban J connectivity index is 1.53. The van der Waals surface area contributed by atoms with Crippen LogP contribution in [0.3, 0.4) is 0 Å². The number of carbonyl (C=O) groups is 2. The largest absolute Gasteiger partial charge is 0.497 e. The van der Waals surface area contributed by atoms with E-state index in [0.717, 1.165) is 17.1 Å². The van der Waals surface area contributed by atoms with E-state index < -0.39 is 5.91 Å². The van der Waals surface area contributed by atoms with Crippen LogP contribution >= 0.6 is 0 Å². The van der Waals surface area contributed by atoms with E-state index in [1.807, 2.05) is 18.2 Å². The Kier molecular flexibility index (Phi) is 9.02. The van der Waals surface area contributed by atoms with Crippen LogP contribution in [0.1, 0.15) is 15.9 Å². The number of ether oxygens (including phenoxy) is 5. The summed E-state index contributed by atoms with van der Waals surface area (Å²) in [4.78, 5) is 29.4. The predicted molar refractivity (Wildman–Crippen MR) is 130 cm³/mol. The van der Waals surface area contributed by atoms with Crippen molar-refractivity contribution in [2.75, 3.05) is 68.3 Å². The fourth-order valence-corrected chi connectivity index (χ4v) is 3.98. The molecule has 0 bridgehead atoms. The molecule has 1 heterocycles. The number of amides is 2. The molecule has 0 spiro atoms. The monoisotopic (exact) mass is 487 g/mol. The van der Waals surface area contributed by atoms with Gasteiger partial charge in [-0.15, -0.1) is 0 Å². The van der Waals surface area contributed by atoms with Gasteiger partial charge in [0, 0.05) is 43.9 Å². The maximum absolute atomic E-state index is 12.7. The molecule has 0 aliphatic carbocycles. The van der Waals surface area contributed by atoms with Gasteiger partial charge in [0.15, 0.2) is 11.5 Å². The Bertz CT molecular complexity index is 1010. The van der Waals surface area contributed by atoms with Crippen molar-refractivity contribution in [1.82, 2.24) is 15.1 Å². The smallest absolute Gasteiger partial charge is 0.251 e. The Morgan fingerprint density at radius 3 is 1.97 bits per heavy atom. The molecule has 0 aromatic heterocycles. The van der Waals surface area contributed by atoms with Crippen LogP contribution in [0.15, 0.2) is 30.3 Å². The van der Waals surface area contributed by atoms with E-state index in [2.05, 4.69) is 10.2 Å². The minimum absolute atomic E-state index is 0.0980. The molecule has 2 aromatic rings. The van der Waals surface area contributed by atoms with Gasteiger partial charge in [-0.25, -0.2) is 0 Å². The van der Waals surface area contributed by atoms with Crippen molar-refractivity contribution >= 4 is 11.8 Å². The molecule has 0 unspecified atom stereocenters. The molecule has 10 nitrogen and oxygen atoms in total. The Labute approximate surface area is 205 Å². The maximum atomic E-state index is 12.7. The zero-order chi connectivity index (χ0) is 25.4. The van der Waals surface area contributed by atoms with Gasteiger partial charge in [-0.3, -0.25) is 14.5 Å². The molecular weight excluding hydrogens is 454 g/mol. The van der Waals surface area contributed by atoms with E-state index in [0.29, 0.717) is 55.5 Å². The number of nitrogens with zero attached hydrogens (tertiary/aromatic N) is 2. The normalized spacial score (nSPS) is 13.7. The van der Waals surface area contributed by atoms with E-state index in [9.17, 15) is 9.59 Å². The van der Waals surface area contributed by atoms with Crippen LogP contribution in [-0.4, -0.2) is 89.9 Å². The number of carbonyl (C=O) groups excluding carboxylic acids is 2. The molecule has 190 valence electrons. The summed E-state index contributed by atoms with van der Waals surface area (Å²) >= 11 is 0. The predicted octanol–water partition coefficient (Wildman–Crippen LogP) is 1.80. The zero-order valence-electron chi connectivity index (χ0n) is 20.9. The topological polar surface area (TPSA) is 98.8 Å². The molecule has 1 aliphatic rings. The number of hydrogen-bond donors (Lipinski definition) is 1. The van der Waals surface area contributed by atoms with Gasteiger partial charge in [0.1, 0.15) is 11.5 Å². The molecule has 1 aliphatic heterocycles. The summed E-state index contributed by atoms with van der Waals surface area (Å²) in [6.07, 6.45) is 0. The van der Waals surface area contributed by atoms with Crippen molar-refractivity contribution < 1.29 is 33.3 Å².